The Kier molecular flexibility index (Phi) is 4.12. The molecule has 0 aliphatic heterocycles. The van der Waals surface area contributed by atoms with Gasteiger partial charge in [-0.2, -0.15) is 13.2 Å². The molecule has 1 rings (SSSR count). The van der Waals surface area contributed by atoms with Crippen molar-refractivity contribution in [1.29, 1.82) is 0 Å². The minimum absolute atomic E-state index is 0.0626. The maximum Gasteiger partial charge on any atom is 0.416 e. The Balaban J connectivity index is 3.24. The molecular weight excluding hydrogens is 261 g/mol. The minimum atomic E-state index is -4.58. The lowest BCUT2D eigenvalue weighted by Crippen LogP contribution is -2.27. The third-order valence-corrected chi connectivity index (χ3v) is 2.77. The summed E-state index contributed by atoms with van der Waals surface area (Å²) in [6, 6.07) is 2.45. The molecule has 0 aromatic heterocycles. The normalized spacial score (nSPS) is 12.3. The third kappa shape index (κ3) is 3.87. The van der Waals surface area contributed by atoms with E-state index in [1.165, 1.54) is 0 Å². The summed E-state index contributed by atoms with van der Waals surface area (Å²) in [7, 11) is 0. The maximum atomic E-state index is 12.5. The van der Waals surface area contributed by atoms with E-state index in [1.54, 1.807) is 13.8 Å². The van der Waals surface area contributed by atoms with E-state index in [1.807, 2.05) is 6.92 Å². The van der Waals surface area contributed by atoms with Crippen molar-refractivity contribution in [3.63, 3.8) is 0 Å². The fourth-order valence-electron chi connectivity index (χ4n) is 1.33. The Morgan fingerprint density at radius 2 is 1.89 bits per heavy atom. The van der Waals surface area contributed by atoms with Crippen LogP contribution in [0.5, 0.6) is 5.75 Å². The van der Waals surface area contributed by atoms with Crippen LogP contribution in [0.1, 0.15) is 43.1 Å². The molecule has 0 atom stereocenters. The van der Waals surface area contributed by atoms with Gasteiger partial charge < -0.3 is 9.84 Å². The highest BCUT2D eigenvalue weighted by Crippen LogP contribution is 2.34. The molecule has 1 aromatic rings. The Labute approximate surface area is 109 Å². The van der Waals surface area contributed by atoms with Gasteiger partial charge in [-0.15, -0.1) is 0 Å². The molecular formula is C13H15F3O3. The zero-order chi connectivity index (χ0) is 14.8. The highest BCUT2D eigenvalue weighted by atomic mass is 19.4. The monoisotopic (exact) mass is 276 g/mol. The Bertz CT molecular complexity index is 479. The summed E-state index contributed by atoms with van der Waals surface area (Å²) >= 11 is 0. The SMILES string of the molecule is CCC(C)(C)Oc1ccc(C(F)(F)F)cc1C(=O)O. The molecule has 0 aliphatic carbocycles. The number of halogens is 3. The summed E-state index contributed by atoms with van der Waals surface area (Å²) in [5.74, 6) is -1.51. The van der Waals surface area contributed by atoms with Crippen molar-refractivity contribution in [2.24, 2.45) is 0 Å². The second-order valence-electron chi connectivity index (χ2n) is 4.73. The van der Waals surface area contributed by atoms with Crippen LogP contribution in [0, 0.1) is 0 Å². The first-order valence-corrected chi connectivity index (χ1v) is 5.70. The second kappa shape index (κ2) is 5.11. The van der Waals surface area contributed by atoms with Crippen molar-refractivity contribution < 1.29 is 27.8 Å². The van der Waals surface area contributed by atoms with Crippen LogP contribution in [-0.4, -0.2) is 16.7 Å². The molecule has 1 aromatic carbocycles. The largest absolute Gasteiger partial charge is 0.487 e. The van der Waals surface area contributed by atoms with Gasteiger partial charge in [0.1, 0.15) is 16.9 Å². The quantitative estimate of drug-likeness (QED) is 0.905. The van der Waals surface area contributed by atoms with Gasteiger partial charge in [-0.05, 0) is 38.5 Å². The van der Waals surface area contributed by atoms with E-state index in [0.29, 0.717) is 12.5 Å². The Hall–Kier alpha value is -1.72. The van der Waals surface area contributed by atoms with Crippen LogP contribution in [0.2, 0.25) is 0 Å². The van der Waals surface area contributed by atoms with Gasteiger partial charge in [-0.1, -0.05) is 6.92 Å². The molecule has 1 N–H and O–H groups in total. The van der Waals surface area contributed by atoms with Crippen LogP contribution in [-0.2, 0) is 6.18 Å². The lowest BCUT2D eigenvalue weighted by atomic mass is 10.1. The standard InChI is InChI=1S/C13H15F3O3/c1-4-12(2,3)19-10-6-5-8(13(14,15)16)7-9(10)11(17)18/h5-7H,4H2,1-3H3,(H,17,18). The number of ether oxygens (including phenoxy) is 1. The number of rotatable bonds is 4. The van der Waals surface area contributed by atoms with Gasteiger partial charge in [0.25, 0.3) is 0 Å². The number of hydrogen-bond acceptors (Lipinski definition) is 2. The van der Waals surface area contributed by atoms with Crippen LogP contribution in [0.15, 0.2) is 18.2 Å². The van der Waals surface area contributed by atoms with Crippen molar-refractivity contribution in [1.82, 2.24) is 0 Å². The predicted molar refractivity (Wildman–Crippen MR) is 63.4 cm³/mol. The molecule has 0 bridgehead atoms. The van der Waals surface area contributed by atoms with E-state index in [0.717, 1.165) is 12.1 Å². The molecule has 0 saturated heterocycles. The van der Waals surface area contributed by atoms with Gasteiger partial charge in [0, 0.05) is 0 Å². The molecule has 3 nitrogen and oxygen atoms in total. The van der Waals surface area contributed by atoms with E-state index in [9.17, 15) is 18.0 Å². The van der Waals surface area contributed by atoms with Crippen LogP contribution >= 0.6 is 0 Å². The molecule has 6 heteroatoms. The van der Waals surface area contributed by atoms with Gasteiger partial charge in [0.15, 0.2) is 0 Å². The lowest BCUT2D eigenvalue weighted by Gasteiger charge is -2.26. The number of hydrogen-bond donors (Lipinski definition) is 1. The molecule has 0 heterocycles. The van der Waals surface area contributed by atoms with Crippen molar-refractivity contribution in [3.8, 4) is 5.75 Å². The maximum absolute atomic E-state index is 12.5. The smallest absolute Gasteiger partial charge is 0.416 e. The second-order valence-corrected chi connectivity index (χ2v) is 4.73. The van der Waals surface area contributed by atoms with Gasteiger partial charge in [0.2, 0.25) is 0 Å². The average molecular weight is 276 g/mol. The third-order valence-electron chi connectivity index (χ3n) is 2.77. The minimum Gasteiger partial charge on any atom is -0.487 e. The molecule has 0 amide bonds. The van der Waals surface area contributed by atoms with E-state index in [2.05, 4.69) is 0 Å². The molecule has 0 saturated carbocycles. The lowest BCUT2D eigenvalue weighted by molar-refractivity contribution is -0.137. The molecule has 0 unspecified atom stereocenters. The first-order valence-electron chi connectivity index (χ1n) is 5.70. The van der Waals surface area contributed by atoms with Crippen molar-refractivity contribution in [2.45, 2.75) is 39.0 Å². The van der Waals surface area contributed by atoms with Gasteiger partial charge in [0.05, 0.1) is 5.56 Å². The fourth-order valence-corrected chi connectivity index (χ4v) is 1.33. The highest BCUT2D eigenvalue weighted by Gasteiger charge is 2.32. The molecule has 19 heavy (non-hydrogen) atoms. The van der Waals surface area contributed by atoms with Gasteiger partial charge in [-0.3, -0.25) is 0 Å². The number of carbonyl (C=O) groups is 1. The zero-order valence-electron chi connectivity index (χ0n) is 10.8. The first-order chi connectivity index (χ1) is 8.57. The number of carboxylic acid groups (broad SMARTS) is 1. The summed E-state index contributed by atoms with van der Waals surface area (Å²) in [6.07, 6.45) is -3.99. The Morgan fingerprint density at radius 1 is 1.32 bits per heavy atom. The fraction of sp³-hybridized carbons (Fsp3) is 0.462. The van der Waals surface area contributed by atoms with Crippen molar-refractivity contribution in [2.75, 3.05) is 0 Å². The van der Waals surface area contributed by atoms with Gasteiger partial charge in [-0.25, -0.2) is 4.79 Å². The number of benzene rings is 1. The molecule has 0 spiro atoms. The van der Waals surface area contributed by atoms with E-state index >= 15 is 0 Å². The highest BCUT2D eigenvalue weighted by molar-refractivity contribution is 5.91. The molecule has 106 valence electrons. The summed E-state index contributed by atoms with van der Waals surface area (Å²) in [4.78, 5) is 11.0. The average Bonchev–Trinajstić information content (AvgIpc) is 2.27. The summed E-state index contributed by atoms with van der Waals surface area (Å²) in [6.45, 7) is 5.30. The molecule has 0 fully saturated rings. The van der Waals surface area contributed by atoms with Crippen molar-refractivity contribution >= 4 is 5.97 Å². The molecule has 0 aliphatic rings. The summed E-state index contributed by atoms with van der Waals surface area (Å²) < 4.78 is 43.1. The molecule has 0 radical (unpaired) electrons. The van der Waals surface area contributed by atoms with Crippen LogP contribution in [0.25, 0.3) is 0 Å². The predicted octanol–water partition coefficient (Wildman–Crippen LogP) is 3.97. The van der Waals surface area contributed by atoms with E-state index < -0.39 is 28.9 Å². The summed E-state index contributed by atoms with van der Waals surface area (Å²) in [5.41, 5.74) is -2.15. The van der Waals surface area contributed by atoms with E-state index in [4.69, 9.17) is 9.84 Å². The first kappa shape index (κ1) is 15.3. The zero-order valence-corrected chi connectivity index (χ0v) is 10.8. The topological polar surface area (TPSA) is 46.5 Å². The Morgan fingerprint density at radius 3 is 2.32 bits per heavy atom. The number of carboxylic acids is 1. The summed E-state index contributed by atoms with van der Waals surface area (Å²) in [5, 5.41) is 8.98. The van der Waals surface area contributed by atoms with Gasteiger partial charge >= 0.3 is 12.1 Å². The van der Waals surface area contributed by atoms with Crippen LogP contribution in [0.4, 0.5) is 13.2 Å². The van der Waals surface area contributed by atoms with Crippen molar-refractivity contribution in [3.05, 3.63) is 29.3 Å². The van der Waals surface area contributed by atoms with Crippen LogP contribution < -0.4 is 4.74 Å². The van der Waals surface area contributed by atoms with E-state index in [-0.39, 0.29) is 5.75 Å². The van der Waals surface area contributed by atoms with Crippen LogP contribution in [0.3, 0.4) is 0 Å². The number of alkyl halides is 3. The number of aromatic carboxylic acids is 1.